The first-order valence-electron chi connectivity index (χ1n) is 10.4. The minimum Gasteiger partial charge on any atom is -0.455 e. The summed E-state index contributed by atoms with van der Waals surface area (Å²) in [5.41, 5.74) is 4.09. The van der Waals surface area contributed by atoms with Crippen molar-refractivity contribution in [2.45, 2.75) is 104 Å². The third-order valence-corrected chi connectivity index (χ3v) is 11.9. The zero-order chi connectivity index (χ0) is 20.8. The van der Waals surface area contributed by atoms with Crippen LogP contribution < -0.4 is 0 Å². The molecular weight excluding hydrogens is 352 g/mol. The van der Waals surface area contributed by atoms with Gasteiger partial charge >= 0.3 is 5.97 Å². The maximum atomic E-state index is 11.9. The van der Waals surface area contributed by atoms with Crippen LogP contribution in [0.5, 0.6) is 0 Å². The molecule has 0 heterocycles. The van der Waals surface area contributed by atoms with Crippen LogP contribution in [0, 0.1) is 11.3 Å². The summed E-state index contributed by atoms with van der Waals surface area (Å²) < 4.78 is 12.7. The zero-order valence-electron chi connectivity index (χ0n) is 19.0. The fourth-order valence-corrected chi connectivity index (χ4v) is 5.84. The van der Waals surface area contributed by atoms with Gasteiger partial charge in [0.1, 0.15) is 6.10 Å². The normalized spacial score (nSPS) is 32.1. The molecule has 154 valence electrons. The van der Waals surface area contributed by atoms with Crippen LogP contribution in [-0.4, -0.2) is 26.5 Å². The van der Waals surface area contributed by atoms with E-state index in [4.69, 9.17) is 9.16 Å². The van der Waals surface area contributed by atoms with E-state index < -0.39 is 8.32 Å². The van der Waals surface area contributed by atoms with Gasteiger partial charge in [-0.2, -0.15) is 0 Å². The van der Waals surface area contributed by atoms with Crippen molar-refractivity contribution < 1.29 is 14.0 Å². The molecule has 0 aromatic rings. The van der Waals surface area contributed by atoms with Gasteiger partial charge in [0.2, 0.25) is 0 Å². The number of hydrogen-bond donors (Lipinski definition) is 0. The van der Waals surface area contributed by atoms with E-state index in [1.807, 2.05) is 0 Å². The summed E-state index contributed by atoms with van der Waals surface area (Å²) >= 11 is 0. The molecule has 1 fully saturated rings. The second kappa shape index (κ2) is 7.51. The van der Waals surface area contributed by atoms with Gasteiger partial charge in [0, 0.05) is 6.92 Å². The fourth-order valence-electron chi connectivity index (χ4n) is 4.52. The molecule has 2 aliphatic rings. The summed E-state index contributed by atoms with van der Waals surface area (Å²) in [4.78, 5) is 11.9. The van der Waals surface area contributed by atoms with Crippen molar-refractivity contribution in [1.82, 2.24) is 0 Å². The molecule has 0 N–H and O–H groups in total. The van der Waals surface area contributed by atoms with Crippen LogP contribution >= 0.6 is 0 Å². The van der Waals surface area contributed by atoms with Crippen LogP contribution in [0.25, 0.3) is 0 Å². The van der Waals surface area contributed by atoms with E-state index >= 15 is 0 Å². The topological polar surface area (TPSA) is 35.5 Å². The van der Waals surface area contributed by atoms with Gasteiger partial charge in [-0.05, 0) is 74.6 Å². The Balaban J connectivity index is 2.43. The quantitative estimate of drug-likeness (QED) is 0.315. The lowest BCUT2D eigenvalue weighted by molar-refractivity contribution is -0.151. The monoisotopic (exact) mass is 392 g/mol. The van der Waals surface area contributed by atoms with Gasteiger partial charge in [-0.3, -0.25) is 4.79 Å². The lowest BCUT2D eigenvalue weighted by Gasteiger charge is -2.51. The van der Waals surface area contributed by atoms with Gasteiger partial charge in [0.05, 0.1) is 6.10 Å². The van der Waals surface area contributed by atoms with E-state index in [1.165, 1.54) is 30.1 Å². The number of hydrogen-bond acceptors (Lipinski definition) is 3. The number of esters is 1. The molecule has 4 unspecified atom stereocenters. The number of ether oxygens (including phenoxy) is 1. The highest BCUT2D eigenvalue weighted by molar-refractivity contribution is 6.74. The van der Waals surface area contributed by atoms with Crippen molar-refractivity contribution in [3.63, 3.8) is 0 Å². The summed E-state index contributed by atoms with van der Waals surface area (Å²) in [7, 11) is -1.96. The highest BCUT2D eigenvalue weighted by Crippen LogP contribution is 2.54. The lowest BCUT2D eigenvalue weighted by atomic mass is 9.60. The Morgan fingerprint density at radius 2 is 1.85 bits per heavy atom. The van der Waals surface area contributed by atoms with Crippen LogP contribution in [-0.2, 0) is 14.0 Å². The Morgan fingerprint density at radius 1 is 1.26 bits per heavy atom. The van der Waals surface area contributed by atoms with Crippen molar-refractivity contribution in [3.05, 3.63) is 23.3 Å². The Bertz CT molecular complexity index is 640. The third kappa shape index (κ3) is 4.59. The summed E-state index contributed by atoms with van der Waals surface area (Å²) in [5, 5.41) is 0.129. The molecule has 0 spiro atoms. The number of fused-ring (bicyclic) bond motifs is 1. The van der Waals surface area contributed by atoms with Crippen molar-refractivity contribution in [3.8, 4) is 0 Å². The largest absolute Gasteiger partial charge is 0.455 e. The lowest BCUT2D eigenvalue weighted by Crippen LogP contribution is -2.52. The van der Waals surface area contributed by atoms with E-state index in [0.717, 1.165) is 19.3 Å². The molecular formula is C23H40O3Si. The predicted octanol–water partition coefficient (Wildman–Crippen LogP) is 6.41. The Labute approximate surface area is 167 Å². The second-order valence-electron chi connectivity index (χ2n) is 10.7. The number of allylic oxidation sites excluding steroid dienone is 2. The van der Waals surface area contributed by atoms with Crippen LogP contribution in [0.3, 0.4) is 0 Å². The average Bonchev–Trinajstić information content (AvgIpc) is 2.48. The standard InChI is InChI=1S/C23H40O3Si/c1-15(2)18-11-12-23(8)14-20(26-27(9,10)22(5,6)7)21(25-17(4)24)16(3)19(23)13-18/h18,20-21H,1,11-14H2,2-10H3. The molecule has 2 rings (SSSR count). The summed E-state index contributed by atoms with van der Waals surface area (Å²) in [5.74, 6) is 0.318. The predicted molar refractivity (Wildman–Crippen MR) is 115 cm³/mol. The second-order valence-corrected chi connectivity index (χ2v) is 15.4. The molecule has 0 saturated heterocycles. The minimum atomic E-state index is -1.96. The average molecular weight is 393 g/mol. The summed E-state index contributed by atoms with van der Waals surface area (Å²) in [6.45, 7) is 23.7. The number of carbonyl (C=O) groups is 1. The van der Waals surface area contributed by atoms with E-state index in [1.54, 1.807) is 0 Å². The van der Waals surface area contributed by atoms with Crippen LogP contribution in [0.1, 0.15) is 74.1 Å². The third-order valence-electron chi connectivity index (χ3n) is 7.36. The highest BCUT2D eigenvalue weighted by atomic mass is 28.4. The van der Waals surface area contributed by atoms with Crippen LogP contribution in [0.15, 0.2) is 23.3 Å². The molecule has 2 aliphatic carbocycles. The smallest absolute Gasteiger partial charge is 0.303 e. The highest BCUT2D eigenvalue weighted by Gasteiger charge is 2.49. The van der Waals surface area contributed by atoms with Gasteiger partial charge in [-0.1, -0.05) is 45.4 Å². The molecule has 0 aliphatic heterocycles. The van der Waals surface area contributed by atoms with Gasteiger partial charge in [0.15, 0.2) is 8.32 Å². The molecule has 0 bridgehead atoms. The molecule has 27 heavy (non-hydrogen) atoms. The van der Waals surface area contributed by atoms with Gasteiger partial charge < -0.3 is 9.16 Å². The SMILES string of the molecule is C=C(C)C1CCC2(C)CC(O[Si](C)(C)C(C)(C)C)C(OC(C)=O)C(C)=C2C1. The molecule has 1 saturated carbocycles. The molecule has 4 atom stereocenters. The fraction of sp³-hybridized carbons (Fsp3) is 0.783. The zero-order valence-corrected chi connectivity index (χ0v) is 20.0. The minimum absolute atomic E-state index is 0.0510. The van der Waals surface area contributed by atoms with Gasteiger partial charge in [-0.25, -0.2) is 0 Å². The van der Waals surface area contributed by atoms with Crippen LogP contribution in [0.4, 0.5) is 0 Å². The van der Waals surface area contributed by atoms with Crippen molar-refractivity contribution >= 4 is 14.3 Å². The first-order chi connectivity index (χ1) is 12.2. The first kappa shape index (κ1) is 22.4. The Hall–Kier alpha value is -0.873. The molecule has 4 heteroatoms. The summed E-state index contributed by atoms with van der Waals surface area (Å²) in [6, 6.07) is 0. The maximum Gasteiger partial charge on any atom is 0.303 e. The van der Waals surface area contributed by atoms with E-state index in [2.05, 4.69) is 61.2 Å². The van der Waals surface area contributed by atoms with Crippen LogP contribution in [0.2, 0.25) is 18.1 Å². The van der Waals surface area contributed by atoms with Gasteiger partial charge in [-0.15, -0.1) is 0 Å². The molecule has 3 nitrogen and oxygen atoms in total. The molecule has 0 aromatic heterocycles. The van der Waals surface area contributed by atoms with Crippen molar-refractivity contribution in [2.75, 3.05) is 0 Å². The number of rotatable bonds is 4. The first-order valence-corrected chi connectivity index (χ1v) is 13.3. The summed E-state index contributed by atoms with van der Waals surface area (Å²) in [6.07, 6.45) is 4.01. The van der Waals surface area contributed by atoms with Crippen molar-refractivity contribution in [2.24, 2.45) is 11.3 Å². The van der Waals surface area contributed by atoms with E-state index in [0.29, 0.717) is 5.92 Å². The van der Waals surface area contributed by atoms with Crippen molar-refractivity contribution in [1.29, 1.82) is 0 Å². The van der Waals surface area contributed by atoms with E-state index in [9.17, 15) is 4.79 Å². The van der Waals surface area contributed by atoms with Gasteiger partial charge in [0.25, 0.3) is 0 Å². The Kier molecular flexibility index (Phi) is 6.24. The van der Waals surface area contributed by atoms with E-state index in [-0.39, 0.29) is 28.6 Å². The molecule has 0 radical (unpaired) electrons. The maximum absolute atomic E-state index is 11.9. The Morgan fingerprint density at radius 3 is 2.33 bits per heavy atom. The number of carbonyl (C=O) groups excluding carboxylic acids is 1. The molecule has 0 aromatic carbocycles. The molecule has 0 amide bonds.